The largest absolute Gasteiger partial charge is 0.385 e. The smallest absolute Gasteiger partial charge is 0.157 e. The number of ketones is 1. The van der Waals surface area contributed by atoms with Gasteiger partial charge in [0.1, 0.15) is 0 Å². The first-order valence-corrected chi connectivity index (χ1v) is 6.34. The van der Waals surface area contributed by atoms with Gasteiger partial charge < -0.3 is 5.32 Å². The van der Waals surface area contributed by atoms with Crippen molar-refractivity contribution in [3.05, 3.63) is 11.8 Å². The van der Waals surface area contributed by atoms with E-state index < -0.39 is 0 Å². The first-order valence-electron chi connectivity index (χ1n) is 6.34. The highest BCUT2D eigenvalue weighted by molar-refractivity contribution is 5.92. The maximum Gasteiger partial charge on any atom is 0.157 e. The predicted molar refractivity (Wildman–Crippen MR) is 61.6 cm³/mol. The van der Waals surface area contributed by atoms with Crippen LogP contribution >= 0.6 is 0 Å². The van der Waals surface area contributed by atoms with E-state index in [0.717, 1.165) is 12.8 Å². The van der Waals surface area contributed by atoms with Gasteiger partial charge in [0.05, 0.1) is 0 Å². The minimum Gasteiger partial charge on any atom is -0.385 e. The van der Waals surface area contributed by atoms with Gasteiger partial charge in [0.2, 0.25) is 0 Å². The minimum atomic E-state index is 0.295. The van der Waals surface area contributed by atoms with Crippen LogP contribution in [0.4, 0.5) is 0 Å². The Labute approximate surface area is 92.1 Å². The zero-order valence-electron chi connectivity index (χ0n) is 9.43. The molecule has 2 heteroatoms. The van der Waals surface area contributed by atoms with Gasteiger partial charge in [0, 0.05) is 24.2 Å². The first kappa shape index (κ1) is 10.7. The number of carbonyl (C=O) groups excluding carboxylic acids is 1. The third-order valence-electron chi connectivity index (χ3n) is 3.47. The van der Waals surface area contributed by atoms with Crippen molar-refractivity contribution in [3.8, 4) is 0 Å². The van der Waals surface area contributed by atoms with Crippen LogP contribution in [0.1, 0.15) is 57.8 Å². The molecule has 0 amide bonds. The van der Waals surface area contributed by atoms with Gasteiger partial charge in [-0.25, -0.2) is 0 Å². The van der Waals surface area contributed by atoms with Gasteiger partial charge in [0.15, 0.2) is 5.78 Å². The molecule has 0 bridgehead atoms. The fraction of sp³-hybridized carbons (Fsp3) is 0.769. The Hall–Kier alpha value is -0.790. The van der Waals surface area contributed by atoms with E-state index in [-0.39, 0.29) is 0 Å². The van der Waals surface area contributed by atoms with Crippen molar-refractivity contribution in [1.82, 2.24) is 5.32 Å². The number of hydrogen-bond donors (Lipinski definition) is 1. The van der Waals surface area contributed by atoms with Crippen LogP contribution in [0.2, 0.25) is 0 Å². The van der Waals surface area contributed by atoms with Crippen molar-refractivity contribution in [1.29, 1.82) is 0 Å². The second-order valence-electron chi connectivity index (χ2n) is 4.82. The molecule has 2 aliphatic carbocycles. The average molecular weight is 207 g/mol. The summed E-state index contributed by atoms with van der Waals surface area (Å²) in [6, 6.07) is 0.627. The number of carbonyl (C=O) groups is 1. The third kappa shape index (κ3) is 3.37. The summed E-state index contributed by atoms with van der Waals surface area (Å²) >= 11 is 0. The zero-order valence-corrected chi connectivity index (χ0v) is 9.43. The molecule has 0 radical (unpaired) electrons. The van der Waals surface area contributed by atoms with Crippen LogP contribution in [0.15, 0.2) is 11.8 Å². The molecule has 0 atom stereocenters. The highest BCUT2D eigenvalue weighted by atomic mass is 16.1. The quantitative estimate of drug-likeness (QED) is 0.754. The summed E-state index contributed by atoms with van der Waals surface area (Å²) in [5.41, 5.74) is 1.19. The number of hydrogen-bond acceptors (Lipinski definition) is 2. The predicted octanol–water partition coefficient (Wildman–Crippen LogP) is 2.94. The van der Waals surface area contributed by atoms with E-state index in [1.54, 1.807) is 6.08 Å². The Bertz CT molecular complexity index is 249. The van der Waals surface area contributed by atoms with Gasteiger partial charge >= 0.3 is 0 Å². The second-order valence-corrected chi connectivity index (χ2v) is 4.82. The van der Waals surface area contributed by atoms with E-state index in [2.05, 4.69) is 5.32 Å². The standard InChI is InChI=1S/C13H21NO/c15-13-9-8-12(10-13)14-11-6-4-2-1-3-5-7-11/h10-11,14H,1-9H2. The van der Waals surface area contributed by atoms with Crippen LogP contribution in [0.3, 0.4) is 0 Å². The topological polar surface area (TPSA) is 29.1 Å². The Morgan fingerprint density at radius 2 is 1.67 bits per heavy atom. The lowest BCUT2D eigenvalue weighted by Gasteiger charge is -2.22. The maximum absolute atomic E-state index is 11.1. The zero-order chi connectivity index (χ0) is 10.5. The van der Waals surface area contributed by atoms with Gasteiger partial charge in [0.25, 0.3) is 0 Å². The van der Waals surface area contributed by atoms with E-state index in [9.17, 15) is 4.79 Å². The molecule has 0 heterocycles. The van der Waals surface area contributed by atoms with Crippen molar-refractivity contribution < 1.29 is 4.79 Å². The molecule has 1 N–H and O–H groups in total. The molecular formula is C13H21NO. The summed E-state index contributed by atoms with van der Waals surface area (Å²) in [6.45, 7) is 0. The fourth-order valence-corrected chi connectivity index (χ4v) is 2.57. The lowest BCUT2D eigenvalue weighted by Crippen LogP contribution is -2.28. The highest BCUT2D eigenvalue weighted by Crippen LogP contribution is 2.20. The SMILES string of the molecule is O=C1C=C(NC2CCCCCCC2)CC1. The van der Waals surface area contributed by atoms with E-state index in [4.69, 9.17) is 0 Å². The fourth-order valence-electron chi connectivity index (χ4n) is 2.57. The van der Waals surface area contributed by atoms with E-state index in [1.807, 2.05) is 0 Å². The van der Waals surface area contributed by atoms with Crippen LogP contribution in [-0.2, 0) is 4.79 Å². The molecule has 0 spiro atoms. The van der Waals surface area contributed by atoms with Crippen LogP contribution in [0.5, 0.6) is 0 Å². The molecule has 0 saturated heterocycles. The molecule has 1 fully saturated rings. The van der Waals surface area contributed by atoms with Gasteiger partial charge in [-0.3, -0.25) is 4.79 Å². The van der Waals surface area contributed by atoms with E-state index in [0.29, 0.717) is 11.8 Å². The van der Waals surface area contributed by atoms with Crippen molar-refractivity contribution in [2.45, 2.75) is 63.8 Å². The molecule has 0 aromatic rings. The molecule has 84 valence electrons. The van der Waals surface area contributed by atoms with Crippen molar-refractivity contribution >= 4 is 5.78 Å². The molecule has 0 aliphatic heterocycles. The first-order chi connectivity index (χ1) is 7.34. The number of nitrogens with one attached hydrogen (secondary N) is 1. The van der Waals surface area contributed by atoms with Crippen LogP contribution in [-0.4, -0.2) is 11.8 Å². The average Bonchev–Trinajstić information content (AvgIpc) is 2.56. The summed E-state index contributed by atoms with van der Waals surface area (Å²) in [6.07, 6.45) is 12.9. The summed E-state index contributed by atoms with van der Waals surface area (Å²) in [4.78, 5) is 11.1. The second kappa shape index (κ2) is 5.34. The van der Waals surface area contributed by atoms with E-state index in [1.165, 1.54) is 50.6 Å². The maximum atomic E-state index is 11.1. The molecular weight excluding hydrogens is 186 g/mol. The molecule has 0 unspecified atom stereocenters. The van der Waals surface area contributed by atoms with Crippen LogP contribution in [0.25, 0.3) is 0 Å². The molecule has 1 saturated carbocycles. The van der Waals surface area contributed by atoms with Crippen molar-refractivity contribution in [3.63, 3.8) is 0 Å². The van der Waals surface area contributed by atoms with Crippen LogP contribution in [0, 0.1) is 0 Å². The molecule has 15 heavy (non-hydrogen) atoms. The van der Waals surface area contributed by atoms with Gasteiger partial charge in [-0.05, 0) is 19.3 Å². The number of allylic oxidation sites excluding steroid dienone is 2. The molecule has 2 nitrogen and oxygen atoms in total. The molecule has 2 aliphatic rings. The minimum absolute atomic E-state index is 0.295. The monoisotopic (exact) mass is 207 g/mol. The Balaban J connectivity index is 1.81. The lowest BCUT2D eigenvalue weighted by molar-refractivity contribution is -0.114. The van der Waals surface area contributed by atoms with E-state index >= 15 is 0 Å². The Morgan fingerprint density at radius 1 is 1.00 bits per heavy atom. The van der Waals surface area contributed by atoms with Gasteiger partial charge in [-0.15, -0.1) is 0 Å². The summed E-state index contributed by atoms with van der Waals surface area (Å²) in [7, 11) is 0. The van der Waals surface area contributed by atoms with Gasteiger partial charge in [-0.2, -0.15) is 0 Å². The number of rotatable bonds is 2. The van der Waals surface area contributed by atoms with Crippen molar-refractivity contribution in [2.24, 2.45) is 0 Å². The Kier molecular flexibility index (Phi) is 3.81. The summed E-state index contributed by atoms with van der Waals surface area (Å²) < 4.78 is 0. The van der Waals surface area contributed by atoms with Gasteiger partial charge in [-0.1, -0.05) is 32.1 Å². The summed E-state index contributed by atoms with van der Waals surface area (Å²) in [5, 5.41) is 3.56. The molecule has 0 aromatic carbocycles. The normalized spacial score (nSPS) is 24.5. The van der Waals surface area contributed by atoms with Crippen LogP contribution < -0.4 is 5.32 Å². The third-order valence-corrected chi connectivity index (χ3v) is 3.47. The lowest BCUT2D eigenvalue weighted by atomic mass is 9.96. The van der Waals surface area contributed by atoms with Crippen molar-refractivity contribution in [2.75, 3.05) is 0 Å². The molecule has 0 aromatic heterocycles. The highest BCUT2D eigenvalue weighted by Gasteiger charge is 2.16. The molecule has 2 rings (SSSR count). The summed E-state index contributed by atoms with van der Waals surface area (Å²) in [5.74, 6) is 0.295. The Morgan fingerprint density at radius 3 is 2.27 bits per heavy atom.